The molecule has 2 N–H and O–H groups in total. The van der Waals surface area contributed by atoms with Crippen LogP contribution in [0.5, 0.6) is 0 Å². The van der Waals surface area contributed by atoms with E-state index in [9.17, 15) is 18.0 Å². The first-order chi connectivity index (χ1) is 16.4. The van der Waals surface area contributed by atoms with E-state index in [4.69, 9.17) is 21.3 Å². The molecule has 0 aliphatic carbocycles. The number of aliphatic imine (C=N–C) groups is 1. The zero-order chi connectivity index (χ0) is 23.8. The van der Waals surface area contributed by atoms with Gasteiger partial charge >= 0.3 is 12.6 Å². The first-order valence-corrected chi connectivity index (χ1v) is 11.3. The van der Waals surface area contributed by atoms with Gasteiger partial charge in [0.2, 0.25) is 0 Å². The molecule has 8 nitrogen and oxygen atoms in total. The molecule has 0 bridgehead atoms. The number of amides is 1. The zero-order valence-corrected chi connectivity index (χ0v) is 18.8. The van der Waals surface area contributed by atoms with E-state index in [1.54, 1.807) is 11.6 Å². The van der Waals surface area contributed by atoms with Gasteiger partial charge in [-0.25, -0.2) is 18.9 Å². The summed E-state index contributed by atoms with van der Waals surface area (Å²) in [6.45, 7) is -2.70. The highest BCUT2D eigenvalue weighted by atomic mass is 35.5. The summed E-state index contributed by atoms with van der Waals surface area (Å²) >= 11 is 7.74. The Kier molecular flexibility index (Phi) is 6.00. The quantitative estimate of drug-likeness (QED) is 0.510. The second kappa shape index (κ2) is 9.11. The van der Waals surface area contributed by atoms with Gasteiger partial charge < -0.3 is 15.4 Å². The lowest BCUT2D eigenvalue weighted by Crippen LogP contribution is -2.35. The zero-order valence-electron chi connectivity index (χ0n) is 17.2. The molecule has 13 heteroatoms. The molecule has 2 aliphatic heterocycles. The maximum atomic E-state index is 13.8. The smallest absolute Gasteiger partial charge is 0.407 e. The first-order valence-electron chi connectivity index (χ1n) is 10.1. The maximum Gasteiger partial charge on any atom is 0.407 e. The third-order valence-corrected chi connectivity index (χ3v) is 6.40. The molecule has 4 heterocycles. The van der Waals surface area contributed by atoms with Crippen LogP contribution in [-0.2, 0) is 4.74 Å². The average Bonchev–Trinajstić information content (AvgIpc) is 3.56. The molecule has 1 saturated heterocycles. The van der Waals surface area contributed by atoms with E-state index in [-0.39, 0.29) is 29.8 Å². The Bertz CT molecular complexity index is 1290. The van der Waals surface area contributed by atoms with Gasteiger partial charge in [-0.15, -0.1) is 11.3 Å². The summed E-state index contributed by atoms with van der Waals surface area (Å²) < 4.78 is 45.9. The number of halogens is 4. The summed E-state index contributed by atoms with van der Waals surface area (Å²) in [4.78, 5) is 20.7. The van der Waals surface area contributed by atoms with Crippen LogP contribution in [-0.4, -0.2) is 39.3 Å². The van der Waals surface area contributed by atoms with Gasteiger partial charge in [0.15, 0.2) is 10.8 Å². The SMILES string of the molecule is O=C1N[C@H](CC2=C(c3ccn(C(F)F)n3)[C@H](c3ccc(F)cc3Cl)N=C(c3nccs3)N2)CO1. The second-order valence-corrected chi connectivity index (χ2v) is 8.80. The number of carbonyl (C=O) groups excluding carboxylic acids is 1. The first kappa shape index (κ1) is 22.4. The fourth-order valence-corrected chi connectivity index (χ4v) is 4.69. The molecule has 5 rings (SSSR count). The van der Waals surface area contributed by atoms with Gasteiger partial charge in [-0.05, 0) is 18.2 Å². The molecule has 34 heavy (non-hydrogen) atoms. The van der Waals surface area contributed by atoms with Gasteiger partial charge in [0.1, 0.15) is 18.5 Å². The van der Waals surface area contributed by atoms with Crippen molar-refractivity contribution >= 4 is 40.4 Å². The predicted octanol–water partition coefficient (Wildman–Crippen LogP) is 4.53. The van der Waals surface area contributed by atoms with Gasteiger partial charge in [-0.2, -0.15) is 13.9 Å². The van der Waals surface area contributed by atoms with Gasteiger partial charge in [-0.1, -0.05) is 17.7 Å². The number of amidine groups is 1. The number of carbonyl (C=O) groups is 1. The third-order valence-electron chi connectivity index (χ3n) is 5.29. The second-order valence-electron chi connectivity index (χ2n) is 7.50. The van der Waals surface area contributed by atoms with Crippen LogP contribution in [0.4, 0.5) is 18.0 Å². The lowest BCUT2D eigenvalue weighted by atomic mass is 9.91. The minimum absolute atomic E-state index is 0.122. The predicted molar refractivity (Wildman–Crippen MR) is 119 cm³/mol. The van der Waals surface area contributed by atoms with Crippen LogP contribution in [0.25, 0.3) is 5.57 Å². The van der Waals surface area contributed by atoms with Crippen molar-refractivity contribution in [2.45, 2.75) is 25.1 Å². The minimum Gasteiger partial charge on any atom is -0.447 e. The Morgan fingerprint density at radius 2 is 2.18 bits per heavy atom. The van der Waals surface area contributed by atoms with Crippen molar-refractivity contribution in [3.05, 3.63) is 74.8 Å². The topological polar surface area (TPSA) is 93.4 Å². The van der Waals surface area contributed by atoms with Crippen molar-refractivity contribution in [1.82, 2.24) is 25.4 Å². The van der Waals surface area contributed by atoms with Gasteiger partial charge in [-0.3, -0.25) is 4.99 Å². The molecular formula is C21H16ClF3N6O2S. The normalized spacial score (nSPS) is 20.3. The van der Waals surface area contributed by atoms with Crippen LogP contribution in [0, 0.1) is 5.82 Å². The number of alkyl halides is 2. The molecule has 2 aliphatic rings. The van der Waals surface area contributed by atoms with Crippen LogP contribution in [0.1, 0.15) is 35.3 Å². The van der Waals surface area contributed by atoms with Gasteiger partial charge in [0.25, 0.3) is 0 Å². The van der Waals surface area contributed by atoms with Crippen LogP contribution >= 0.6 is 22.9 Å². The van der Waals surface area contributed by atoms with E-state index in [2.05, 4.69) is 20.7 Å². The Morgan fingerprint density at radius 3 is 2.82 bits per heavy atom. The molecule has 0 saturated carbocycles. The number of alkyl carbamates (subject to hydrolysis) is 1. The van der Waals surface area contributed by atoms with Crippen LogP contribution in [0.2, 0.25) is 5.02 Å². The van der Waals surface area contributed by atoms with E-state index >= 15 is 0 Å². The fraction of sp³-hybridized carbons (Fsp3) is 0.238. The molecule has 1 fully saturated rings. The largest absolute Gasteiger partial charge is 0.447 e. The molecule has 0 spiro atoms. The Morgan fingerprint density at radius 1 is 1.32 bits per heavy atom. The maximum absolute atomic E-state index is 13.8. The Labute approximate surface area is 200 Å². The lowest BCUT2D eigenvalue weighted by molar-refractivity contribution is 0.0564. The summed E-state index contributed by atoms with van der Waals surface area (Å²) in [5, 5.41) is 12.5. The number of benzene rings is 1. The molecule has 3 aromatic rings. The molecule has 1 amide bonds. The van der Waals surface area contributed by atoms with Gasteiger partial charge in [0.05, 0.1) is 11.7 Å². The van der Waals surface area contributed by atoms with Gasteiger partial charge in [0, 0.05) is 46.1 Å². The van der Waals surface area contributed by atoms with Crippen LogP contribution < -0.4 is 10.6 Å². The number of nitrogens with one attached hydrogen (secondary N) is 2. The number of hydrogen-bond donors (Lipinski definition) is 2. The van der Waals surface area contributed by atoms with E-state index in [0.29, 0.717) is 32.4 Å². The number of rotatable bonds is 6. The summed E-state index contributed by atoms with van der Waals surface area (Å²) in [7, 11) is 0. The van der Waals surface area contributed by atoms with Crippen molar-refractivity contribution in [2.75, 3.05) is 6.61 Å². The number of cyclic esters (lactones) is 1. The number of hydrogen-bond acceptors (Lipinski definition) is 7. The van der Waals surface area contributed by atoms with Crippen LogP contribution in [0.3, 0.4) is 0 Å². The summed E-state index contributed by atoms with van der Waals surface area (Å²) in [6, 6.07) is 4.18. The highest BCUT2D eigenvalue weighted by Crippen LogP contribution is 2.41. The van der Waals surface area contributed by atoms with Crippen molar-refractivity contribution < 1.29 is 22.7 Å². The fourth-order valence-electron chi connectivity index (χ4n) is 3.83. The number of ether oxygens (including phenoxy) is 1. The number of aromatic nitrogens is 3. The molecule has 176 valence electrons. The summed E-state index contributed by atoms with van der Waals surface area (Å²) in [6.07, 6.45) is 2.51. The van der Waals surface area contributed by atoms with Crippen molar-refractivity contribution in [2.24, 2.45) is 4.99 Å². The summed E-state index contributed by atoms with van der Waals surface area (Å²) in [5.74, 6) is -0.0944. The van der Waals surface area contributed by atoms with E-state index in [1.807, 2.05) is 0 Å². The van der Waals surface area contributed by atoms with Crippen molar-refractivity contribution in [3.8, 4) is 0 Å². The molecule has 2 aromatic heterocycles. The number of nitrogens with zero attached hydrogens (tertiary/aromatic N) is 4. The minimum atomic E-state index is -2.83. The molecule has 0 unspecified atom stereocenters. The van der Waals surface area contributed by atoms with E-state index < -0.39 is 24.5 Å². The third kappa shape index (κ3) is 4.38. The standard InChI is InChI=1S/C21H16ClF3N6O2S/c22-13-7-10(23)1-2-12(13)17-16(14-3-5-31(30-14)20(24)25)15(8-11-9-33-21(32)27-11)28-18(29-17)19-26-4-6-34-19/h1-7,11,17,20H,8-9H2,(H,27,32)(H,28,29)/t11-,17+/m1/s1. The highest BCUT2D eigenvalue weighted by molar-refractivity contribution is 7.11. The van der Waals surface area contributed by atoms with Crippen LogP contribution in [0.15, 0.2) is 52.7 Å². The summed E-state index contributed by atoms with van der Waals surface area (Å²) in [5.41, 5.74) is 1.74. The highest BCUT2D eigenvalue weighted by Gasteiger charge is 2.34. The average molecular weight is 509 g/mol. The van der Waals surface area contributed by atoms with Crippen molar-refractivity contribution in [1.29, 1.82) is 0 Å². The monoisotopic (exact) mass is 508 g/mol. The molecule has 2 atom stereocenters. The number of thiazole rings is 1. The van der Waals surface area contributed by atoms with Crippen molar-refractivity contribution in [3.63, 3.8) is 0 Å². The molecule has 1 aromatic carbocycles. The van der Waals surface area contributed by atoms with E-state index in [0.717, 1.165) is 12.3 Å². The Balaban J connectivity index is 1.67. The molecular weight excluding hydrogens is 493 g/mol. The Hall–Kier alpha value is -3.38. The molecule has 0 radical (unpaired) electrons. The lowest BCUT2D eigenvalue weighted by Gasteiger charge is -2.29. The van der Waals surface area contributed by atoms with E-state index in [1.165, 1.54) is 29.5 Å².